The summed E-state index contributed by atoms with van der Waals surface area (Å²) in [4.78, 5) is 5.46. The highest BCUT2D eigenvalue weighted by Gasteiger charge is 2.22. The zero-order valence-electron chi connectivity index (χ0n) is 32.9. The molecule has 60 heavy (non-hydrogen) atoms. The first kappa shape index (κ1) is 34.4. The molecule has 5 nitrogen and oxygen atoms in total. The summed E-state index contributed by atoms with van der Waals surface area (Å²) in [6, 6.07) is 61.7. The average molecular weight is 775 g/mol. The van der Waals surface area contributed by atoms with Crippen LogP contribution in [-0.4, -0.2) is 5.71 Å². The van der Waals surface area contributed by atoms with Gasteiger partial charge in [-0.2, -0.15) is 0 Å². The Morgan fingerprint density at radius 2 is 0.983 bits per heavy atom. The smallest absolute Gasteiger partial charge is 0.145 e. The van der Waals surface area contributed by atoms with Crippen LogP contribution in [0.2, 0.25) is 0 Å². The fraction of sp³-hybridized carbons (Fsp3) is 0.0727. The van der Waals surface area contributed by atoms with E-state index in [1.807, 2.05) is 24.3 Å². The van der Waals surface area contributed by atoms with Crippen molar-refractivity contribution < 1.29 is 13.3 Å². The summed E-state index contributed by atoms with van der Waals surface area (Å²) in [7, 11) is 0. The molecule has 11 aromatic rings. The van der Waals surface area contributed by atoms with Crippen molar-refractivity contribution in [2.24, 2.45) is 4.99 Å². The van der Waals surface area contributed by atoms with Crippen molar-refractivity contribution in [3.05, 3.63) is 198 Å². The molecule has 0 saturated heterocycles. The van der Waals surface area contributed by atoms with E-state index in [9.17, 15) is 0 Å². The molecule has 1 aliphatic rings. The Morgan fingerprint density at radius 1 is 0.433 bits per heavy atom. The molecule has 8 aromatic carbocycles. The van der Waals surface area contributed by atoms with Crippen LogP contribution in [0, 0.1) is 0 Å². The second kappa shape index (κ2) is 13.7. The van der Waals surface area contributed by atoms with E-state index in [4.69, 9.17) is 18.2 Å². The molecule has 1 unspecified atom stereocenters. The third-order valence-electron chi connectivity index (χ3n) is 12.2. The highest BCUT2D eigenvalue weighted by atomic mass is 16.3. The minimum absolute atomic E-state index is 0.260. The van der Waals surface area contributed by atoms with Crippen LogP contribution in [0.1, 0.15) is 42.6 Å². The standard InChI is InChI=1S/C55H38N2O3/c1-33-20-27-47(56-55(35-14-6-3-7-15-35)57-53(33)34-12-4-2-5-13-34)38-23-26-44-46-29-39(36-21-24-42-40-16-8-10-18-48(40)58-50(42)30-36)28-45(54(46)60-52(44)32-38)37-22-25-43-41-17-9-11-19-49(41)59-51(43)31-37/h2-19,21-26,28-32,55,57H,20,27H2,1H3/b53-33-,56-47+. The molecule has 1 atom stereocenters. The summed E-state index contributed by atoms with van der Waals surface area (Å²) in [5.74, 6) is 0. The molecule has 0 saturated carbocycles. The van der Waals surface area contributed by atoms with Crippen LogP contribution in [0.5, 0.6) is 0 Å². The van der Waals surface area contributed by atoms with E-state index in [1.54, 1.807) is 0 Å². The molecule has 0 spiro atoms. The van der Waals surface area contributed by atoms with Crippen molar-refractivity contribution in [1.29, 1.82) is 0 Å². The Kier molecular flexibility index (Phi) is 7.88. The summed E-state index contributed by atoms with van der Waals surface area (Å²) in [6.07, 6.45) is 1.42. The molecular formula is C55H38N2O3. The summed E-state index contributed by atoms with van der Waals surface area (Å²) in [6.45, 7) is 2.23. The van der Waals surface area contributed by atoms with Gasteiger partial charge in [-0.3, -0.25) is 4.99 Å². The fourth-order valence-corrected chi connectivity index (χ4v) is 9.13. The van der Waals surface area contributed by atoms with Gasteiger partial charge in [-0.15, -0.1) is 0 Å². The molecule has 0 bridgehead atoms. The number of fused-ring (bicyclic) bond motifs is 9. The van der Waals surface area contributed by atoms with Crippen molar-refractivity contribution in [1.82, 2.24) is 5.32 Å². The van der Waals surface area contributed by atoms with Gasteiger partial charge in [0, 0.05) is 49.3 Å². The third-order valence-corrected chi connectivity index (χ3v) is 12.2. The van der Waals surface area contributed by atoms with Crippen molar-refractivity contribution in [2.75, 3.05) is 0 Å². The van der Waals surface area contributed by atoms with E-state index in [0.29, 0.717) is 0 Å². The Bertz CT molecular complexity index is 3530. The molecule has 1 N–H and O–H groups in total. The van der Waals surface area contributed by atoms with Crippen LogP contribution in [0.4, 0.5) is 0 Å². The van der Waals surface area contributed by atoms with E-state index in [0.717, 1.165) is 123 Å². The lowest BCUT2D eigenvalue weighted by atomic mass is 9.94. The van der Waals surface area contributed by atoms with Gasteiger partial charge in [-0.05, 0) is 119 Å². The second-order valence-electron chi connectivity index (χ2n) is 15.9. The average Bonchev–Trinajstić information content (AvgIpc) is 3.98. The first-order valence-corrected chi connectivity index (χ1v) is 20.6. The van der Waals surface area contributed by atoms with Gasteiger partial charge < -0.3 is 18.6 Å². The maximum atomic E-state index is 6.98. The first-order valence-electron chi connectivity index (χ1n) is 20.6. The van der Waals surface area contributed by atoms with E-state index in [2.05, 4.69) is 164 Å². The van der Waals surface area contributed by atoms with Gasteiger partial charge in [0.1, 0.15) is 39.7 Å². The highest BCUT2D eigenvalue weighted by Crippen LogP contribution is 2.43. The summed E-state index contributed by atoms with van der Waals surface area (Å²) < 4.78 is 19.7. The van der Waals surface area contributed by atoms with Crippen LogP contribution < -0.4 is 5.32 Å². The second-order valence-corrected chi connectivity index (χ2v) is 15.9. The minimum atomic E-state index is -0.260. The number of hydrogen-bond acceptors (Lipinski definition) is 5. The normalized spacial score (nSPS) is 17.0. The molecule has 12 rings (SSSR count). The first-order chi connectivity index (χ1) is 29.6. The number of para-hydroxylation sites is 2. The van der Waals surface area contributed by atoms with Gasteiger partial charge in [0.05, 0.1) is 0 Å². The predicted octanol–water partition coefficient (Wildman–Crippen LogP) is 15.0. The molecule has 3 aromatic heterocycles. The minimum Gasteiger partial charge on any atom is -0.456 e. The van der Waals surface area contributed by atoms with Crippen LogP contribution in [0.25, 0.3) is 93.8 Å². The van der Waals surface area contributed by atoms with E-state index in [-0.39, 0.29) is 6.17 Å². The molecule has 5 heteroatoms. The third kappa shape index (κ3) is 5.73. The lowest BCUT2D eigenvalue weighted by Crippen LogP contribution is -2.23. The molecule has 0 radical (unpaired) electrons. The van der Waals surface area contributed by atoms with E-state index in [1.165, 1.54) is 11.1 Å². The lowest BCUT2D eigenvalue weighted by Gasteiger charge is -2.25. The molecule has 0 aliphatic carbocycles. The monoisotopic (exact) mass is 774 g/mol. The Balaban J connectivity index is 1.02. The van der Waals surface area contributed by atoms with E-state index >= 15 is 0 Å². The van der Waals surface area contributed by atoms with Gasteiger partial charge in [-0.25, -0.2) is 0 Å². The quantitative estimate of drug-likeness (QED) is 0.189. The van der Waals surface area contributed by atoms with E-state index < -0.39 is 0 Å². The fourth-order valence-electron chi connectivity index (χ4n) is 9.13. The molecule has 0 amide bonds. The number of hydrogen-bond donors (Lipinski definition) is 1. The molecule has 1 aliphatic heterocycles. The Morgan fingerprint density at radius 3 is 1.70 bits per heavy atom. The van der Waals surface area contributed by atoms with Gasteiger partial charge >= 0.3 is 0 Å². The van der Waals surface area contributed by atoms with Crippen molar-refractivity contribution in [2.45, 2.75) is 25.9 Å². The molecule has 4 heterocycles. The summed E-state index contributed by atoms with van der Waals surface area (Å²) in [5.41, 5.74) is 16.1. The SMILES string of the molecule is C/C1=C(\c2ccccc2)NC(c2ccccc2)/N=C(/c2ccc3c(c2)oc2c(-c4ccc5c(c4)oc4ccccc45)cc(-c4ccc5c(c4)oc4ccccc45)cc23)CC1. The van der Waals surface area contributed by atoms with Gasteiger partial charge in [0.15, 0.2) is 0 Å². The van der Waals surface area contributed by atoms with Crippen molar-refractivity contribution in [3.63, 3.8) is 0 Å². The Labute approximate surface area is 345 Å². The number of aliphatic imine (C=N–C) groups is 1. The number of rotatable bonds is 5. The molecule has 0 fully saturated rings. The zero-order chi connectivity index (χ0) is 39.7. The van der Waals surface area contributed by atoms with Crippen LogP contribution >= 0.6 is 0 Å². The van der Waals surface area contributed by atoms with Gasteiger partial charge in [0.25, 0.3) is 0 Å². The van der Waals surface area contributed by atoms with Crippen LogP contribution in [-0.2, 0) is 0 Å². The number of nitrogens with zero attached hydrogens (tertiary/aromatic N) is 1. The number of allylic oxidation sites excluding steroid dienone is 1. The lowest BCUT2D eigenvalue weighted by molar-refractivity contribution is 0.655. The topological polar surface area (TPSA) is 63.8 Å². The maximum absolute atomic E-state index is 6.98. The summed E-state index contributed by atoms with van der Waals surface area (Å²) >= 11 is 0. The van der Waals surface area contributed by atoms with Crippen LogP contribution in [0.15, 0.2) is 200 Å². The largest absolute Gasteiger partial charge is 0.456 e. The van der Waals surface area contributed by atoms with Crippen molar-refractivity contribution in [3.8, 4) is 22.3 Å². The zero-order valence-corrected chi connectivity index (χ0v) is 32.9. The van der Waals surface area contributed by atoms with Gasteiger partial charge in [0.2, 0.25) is 0 Å². The van der Waals surface area contributed by atoms with Crippen LogP contribution in [0.3, 0.4) is 0 Å². The highest BCUT2D eigenvalue weighted by molar-refractivity contribution is 6.15. The predicted molar refractivity (Wildman–Crippen MR) is 246 cm³/mol. The van der Waals surface area contributed by atoms with Gasteiger partial charge in [-0.1, -0.05) is 115 Å². The maximum Gasteiger partial charge on any atom is 0.145 e. The number of furan rings is 3. The molecule has 286 valence electrons. The summed E-state index contributed by atoms with van der Waals surface area (Å²) in [5, 5.41) is 10.4. The molecular weight excluding hydrogens is 737 g/mol. The number of nitrogens with one attached hydrogen (secondary N) is 1. The van der Waals surface area contributed by atoms with Crippen molar-refractivity contribution >= 4 is 77.2 Å². The number of benzene rings is 8. The Hall–Kier alpha value is -7.63.